The number of amides is 1. The van der Waals surface area contributed by atoms with Gasteiger partial charge in [0.05, 0.1) is 18.1 Å². The average molecular weight is 389 g/mol. The maximum atomic E-state index is 13.2. The van der Waals surface area contributed by atoms with Crippen LogP contribution < -0.4 is 9.80 Å². The maximum Gasteiger partial charge on any atom is 0.278 e. The lowest BCUT2D eigenvalue weighted by molar-refractivity contribution is 0.0988. The van der Waals surface area contributed by atoms with Crippen molar-refractivity contribution in [3.63, 3.8) is 0 Å². The highest BCUT2D eigenvalue weighted by Gasteiger charge is 2.17. The Morgan fingerprint density at radius 1 is 0.897 bits per heavy atom. The molecule has 0 saturated heterocycles. The summed E-state index contributed by atoms with van der Waals surface area (Å²) in [5.41, 5.74) is 4.46. The zero-order valence-electron chi connectivity index (χ0n) is 16.4. The quantitative estimate of drug-likeness (QED) is 0.532. The van der Waals surface area contributed by atoms with E-state index in [2.05, 4.69) is 9.97 Å². The molecular weight excluding hydrogens is 369 g/mol. The predicted octanol–water partition coefficient (Wildman–Crippen LogP) is 3.88. The molecule has 0 aliphatic rings. The molecule has 0 atom stereocenters. The fraction of sp³-hybridized carbons (Fsp3) is 0.136. The second kappa shape index (κ2) is 7.35. The van der Waals surface area contributed by atoms with Crippen LogP contribution in [0.15, 0.2) is 67.1 Å². The van der Waals surface area contributed by atoms with Gasteiger partial charge in [-0.1, -0.05) is 12.1 Å². The second-order valence-corrected chi connectivity index (χ2v) is 6.93. The Morgan fingerprint density at radius 2 is 1.55 bits per heavy atom. The van der Waals surface area contributed by atoms with Crippen LogP contribution in [0.25, 0.3) is 16.9 Å². The van der Waals surface area contributed by atoms with Crippen molar-refractivity contribution in [1.82, 2.24) is 14.4 Å². The molecule has 0 aliphatic heterocycles. The van der Waals surface area contributed by atoms with Crippen molar-refractivity contribution < 1.29 is 9.18 Å². The van der Waals surface area contributed by atoms with Gasteiger partial charge in [0.15, 0.2) is 5.65 Å². The standard InChI is InChI=1S/C22H20FN5O/c1-26(2)17-8-4-15(5-9-17)20-12-25-21-13-24-19(14-28(20)21)22(29)27(3)18-10-6-16(23)7-11-18/h4-14H,1-3H3. The number of nitrogens with zero attached hydrogens (tertiary/aromatic N) is 5. The van der Waals surface area contributed by atoms with Gasteiger partial charge in [-0.3, -0.25) is 9.20 Å². The molecule has 0 unspecified atom stereocenters. The van der Waals surface area contributed by atoms with E-state index in [4.69, 9.17) is 0 Å². The van der Waals surface area contributed by atoms with E-state index in [1.165, 1.54) is 17.0 Å². The first-order valence-corrected chi connectivity index (χ1v) is 9.08. The molecule has 0 aliphatic carbocycles. The van der Waals surface area contributed by atoms with Gasteiger partial charge in [0.1, 0.15) is 11.5 Å². The Hall–Kier alpha value is -3.74. The number of imidazole rings is 1. The van der Waals surface area contributed by atoms with Gasteiger partial charge in [0.25, 0.3) is 5.91 Å². The summed E-state index contributed by atoms with van der Waals surface area (Å²) in [7, 11) is 5.62. The third-order valence-corrected chi connectivity index (χ3v) is 4.81. The molecule has 146 valence electrons. The van der Waals surface area contributed by atoms with Crippen molar-refractivity contribution in [3.05, 3.63) is 78.6 Å². The fourth-order valence-corrected chi connectivity index (χ4v) is 3.10. The first kappa shape index (κ1) is 18.6. The van der Waals surface area contributed by atoms with Crippen LogP contribution in [0.2, 0.25) is 0 Å². The fourth-order valence-electron chi connectivity index (χ4n) is 3.10. The highest BCUT2D eigenvalue weighted by molar-refractivity contribution is 6.04. The predicted molar refractivity (Wildman–Crippen MR) is 112 cm³/mol. The molecular formula is C22H20FN5O. The lowest BCUT2D eigenvalue weighted by Gasteiger charge is -2.17. The van der Waals surface area contributed by atoms with E-state index in [0.717, 1.165) is 16.9 Å². The molecule has 0 bridgehead atoms. The lowest BCUT2D eigenvalue weighted by Crippen LogP contribution is -2.27. The number of benzene rings is 2. The monoisotopic (exact) mass is 389 g/mol. The van der Waals surface area contributed by atoms with Gasteiger partial charge in [0.2, 0.25) is 0 Å². The number of halogens is 1. The van der Waals surface area contributed by atoms with Crippen LogP contribution in [-0.2, 0) is 0 Å². The van der Waals surface area contributed by atoms with Gasteiger partial charge in [-0.15, -0.1) is 0 Å². The summed E-state index contributed by atoms with van der Waals surface area (Å²) in [6.45, 7) is 0. The highest BCUT2D eigenvalue weighted by atomic mass is 19.1. The number of hydrogen-bond donors (Lipinski definition) is 0. The summed E-state index contributed by atoms with van der Waals surface area (Å²) >= 11 is 0. The van der Waals surface area contributed by atoms with Crippen molar-refractivity contribution >= 4 is 22.9 Å². The molecule has 1 amide bonds. The Morgan fingerprint density at radius 3 is 2.21 bits per heavy atom. The molecule has 0 N–H and O–H groups in total. The zero-order valence-corrected chi connectivity index (χ0v) is 16.4. The van der Waals surface area contributed by atoms with Crippen LogP contribution in [0.4, 0.5) is 15.8 Å². The molecule has 0 saturated carbocycles. The number of fused-ring (bicyclic) bond motifs is 1. The van der Waals surface area contributed by atoms with Crippen LogP contribution in [0, 0.1) is 5.82 Å². The molecule has 0 fully saturated rings. The van der Waals surface area contributed by atoms with Gasteiger partial charge in [-0.05, 0) is 36.4 Å². The first-order valence-electron chi connectivity index (χ1n) is 9.08. The largest absolute Gasteiger partial charge is 0.378 e. The van der Waals surface area contributed by atoms with Crippen LogP contribution in [0.3, 0.4) is 0 Å². The summed E-state index contributed by atoms with van der Waals surface area (Å²) in [6.07, 6.45) is 5.02. The van der Waals surface area contributed by atoms with Crippen molar-refractivity contribution in [3.8, 4) is 11.3 Å². The van der Waals surface area contributed by atoms with Gasteiger partial charge >= 0.3 is 0 Å². The summed E-state index contributed by atoms with van der Waals surface area (Å²) in [4.78, 5) is 25.0. The minimum atomic E-state index is -0.350. The molecule has 0 radical (unpaired) electrons. The third kappa shape index (κ3) is 3.54. The summed E-state index contributed by atoms with van der Waals surface area (Å²) in [6, 6.07) is 13.9. The summed E-state index contributed by atoms with van der Waals surface area (Å²) in [5, 5.41) is 0. The number of carbonyl (C=O) groups excluding carboxylic acids is 1. The van der Waals surface area contributed by atoms with Gasteiger partial charge in [-0.25, -0.2) is 14.4 Å². The van der Waals surface area contributed by atoms with Crippen molar-refractivity contribution in [2.24, 2.45) is 0 Å². The summed E-state index contributed by atoms with van der Waals surface area (Å²) < 4.78 is 15.0. The van der Waals surface area contributed by atoms with E-state index < -0.39 is 0 Å². The molecule has 29 heavy (non-hydrogen) atoms. The van der Waals surface area contributed by atoms with E-state index in [9.17, 15) is 9.18 Å². The van der Waals surface area contributed by atoms with Gasteiger partial charge < -0.3 is 9.80 Å². The molecule has 2 aromatic heterocycles. The highest BCUT2D eigenvalue weighted by Crippen LogP contribution is 2.24. The van der Waals surface area contributed by atoms with Gasteiger partial charge in [0, 0.05) is 44.3 Å². The van der Waals surface area contributed by atoms with Crippen LogP contribution >= 0.6 is 0 Å². The number of hydrogen-bond acceptors (Lipinski definition) is 4. The van der Waals surface area contributed by atoms with Crippen LogP contribution in [-0.4, -0.2) is 41.4 Å². The normalized spacial score (nSPS) is 10.9. The number of aromatic nitrogens is 3. The minimum absolute atomic E-state index is 0.272. The molecule has 7 heteroatoms. The van der Waals surface area contributed by atoms with Crippen LogP contribution in [0.1, 0.15) is 10.5 Å². The molecule has 6 nitrogen and oxygen atoms in total. The van der Waals surface area contributed by atoms with Gasteiger partial charge in [-0.2, -0.15) is 0 Å². The number of anilines is 2. The summed E-state index contributed by atoms with van der Waals surface area (Å²) in [5.74, 6) is -0.640. The Kier molecular flexibility index (Phi) is 4.72. The average Bonchev–Trinajstić information content (AvgIpc) is 3.16. The van der Waals surface area contributed by atoms with Crippen LogP contribution in [0.5, 0.6) is 0 Å². The van der Waals surface area contributed by atoms with E-state index in [1.807, 2.05) is 47.7 Å². The Balaban J connectivity index is 1.69. The topological polar surface area (TPSA) is 53.7 Å². The zero-order chi connectivity index (χ0) is 20.5. The van der Waals surface area contributed by atoms with E-state index in [1.54, 1.807) is 37.8 Å². The molecule has 2 aromatic carbocycles. The third-order valence-electron chi connectivity index (χ3n) is 4.81. The SMILES string of the molecule is CN(C)c1ccc(-c2cnc3cnc(C(=O)N(C)c4ccc(F)cc4)cn23)cc1. The second-order valence-electron chi connectivity index (χ2n) is 6.93. The first-order chi connectivity index (χ1) is 13.9. The Labute approximate surface area is 167 Å². The van der Waals surface area contributed by atoms with E-state index >= 15 is 0 Å². The van der Waals surface area contributed by atoms with Crippen molar-refractivity contribution in [2.75, 3.05) is 30.9 Å². The minimum Gasteiger partial charge on any atom is -0.378 e. The van der Waals surface area contributed by atoms with Crippen molar-refractivity contribution in [1.29, 1.82) is 0 Å². The molecule has 2 heterocycles. The molecule has 4 aromatic rings. The maximum absolute atomic E-state index is 13.2. The molecule has 4 rings (SSSR count). The smallest absolute Gasteiger partial charge is 0.278 e. The van der Waals surface area contributed by atoms with E-state index in [-0.39, 0.29) is 17.4 Å². The van der Waals surface area contributed by atoms with E-state index in [0.29, 0.717) is 11.3 Å². The molecule has 0 spiro atoms. The lowest BCUT2D eigenvalue weighted by atomic mass is 10.1. The van der Waals surface area contributed by atoms with Crippen molar-refractivity contribution in [2.45, 2.75) is 0 Å². The number of carbonyl (C=O) groups is 1. The number of rotatable bonds is 4. The Bertz CT molecular complexity index is 1170.